The molecule has 7 heteroatoms. The molecule has 1 unspecified atom stereocenters. The summed E-state index contributed by atoms with van der Waals surface area (Å²) in [6.07, 6.45) is 7.58. The fraction of sp³-hybridized carbons (Fsp3) is 0.588. The van der Waals surface area contributed by atoms with Crippen molar-refractivity contribution in [2.24, 2.45) is 0 Å². The second-order valence-corrected chi connectivity index (χ2v) is 6.54. The second kappa shape index (κ2) is 11.4. The minimum absolute atomic E-state index is 0.328. The Labute approximate surface area is 142 Å². The third kappa shape index (κ3) is 14.8. The predicted octanol–water partition coefficient (Wildman–Crippen LogP) is 0.502. The number of carboxylic acids is 2. The number of aliphatic carboxylic acids is 2. The number of esters is 1. The summed E-state index contributed by atoms with van der Waals surface area (Å²) in [4.78, 5) is 32.7. The molecule has 0 aliphatic heterocycles. The van der Waals surface area contributed by atoms with Crippen molar-refractivity contribution in [1.82, 2.24) is 0 Å². The van der Waals surface area contributed by atoms with Gasteiger partial charge in [-0.15, -0.1) is 0 Å². The Hall–Kier alpha value is -2.15. The van der Waals surface area contributed by atoms with Gasteiger partial charge in [0, 0.05) is 24.5 Å². The van der Waals surface area contributed by atoms with Crippen molar-refractivity contribution < 1.29 is 33.8 Å². The van der Waals surface area contributed by atoms with Crippen molar-refractivity contribution in [3.63, 3.8) is 0 Å². The van der Waals surface area contributed by atoms with Crippen LogP contribution in [0.25, 0.3) is 0 Å². The van der Waals surface area contributed by atoms with Crippen LogP contribution in [0.5, 0.6) is 0 Å². The summed E-state index contributed by atoms with van der Waals surface area (Å²) >= 11 is 0. The van der Waals surface area contributed by atoms with Crippen LogP contribution >= 0.6 is 0 Å². The SMILES string of the molecule is C[N+](C)(C)CC(CC(=O)[O-])OC(=O)/C=C/CCCC/C=C/C(=O)O. The number of likely N-dealkylation sites (N-methyl/N-ethyl adjacent to an activating group) is 1. The van der Waals surface area contributed by atoms with Crippen LogP contribution in [0.3, 0.4) is 0 Å². The van der Waals surface area contributed by atoms with Crippen molar-refractivity contribution in [2.75, 3.05) is 27.7 Å². The highest BCUT2D eigenvalue weighted by Gasteiger charge is 2.21. The molecule has 0 aliphatic rings. The molecule has 7 nitrogen and oxygen atoms in total. The number of ether oxygens (including phenoxy) is 1. The first-order valence-corrected chi connectivity index (χ1v) is 7.87. The largest absolute Gasteiger partial charge is 0.550 e. The Morgan fingerprint density at radius 2 is 1.62 bits per heavy atom. The van der Waals surface area contributed by atoms with Crippen molar-refractivity contribution in [2.45, 2.75) is 38.2 Å². The number of carbonyl (C=O) groups is 3. The molecule has 0 heterocycles. The van der Waals surface area contributed by atoms with E-state index in [9.17, 15) is 19.5 Å². The maximum absolute atomic E-state index is 11.7. The highest BCUT2D eigenvalue weighted by molar-refractivity contribution is 5.82. The number of carbonyl (C=O) groups excluding carboxylic acids is 2. The van der Waals surface area contributed by atoms with Crippen LogP contribution in [0.2, 0.25) is 0 Å². The van der Waals surface area contributed by atoms with Gasteiger partial charge in [0.05, 0.1) is 21.1 Å². The van der Waals surface area contributed by atoms with E-state index in [2.05, 4.69) is 0 Å². The van der Waals surface area contributed by atoms with Crippen LogP contribution in [-0.2, 0) is 19.1 Å². The molecule has 0 aromatic carbocycles. The molecule has 0 aromatic heterocycles. The number of quaternary nitrogens is 1. The van der Waals surface area contributed by atoms with Gasteiger partial charge in [-0.1, -0.05) is 12.2 Å². The minimum Gasteiger partial charge on any atom is -0.550 e. The fourth-order valence-electron chi connectivity index (χ4n) is 2.03. The molecule has 136 valence electrons. The molecule has 0 radical (unpaired) electrons. The summed E-state index contributed by atoms with van der Waals surface area (Å²) in [5.41, 5.74) is 0. The highest BCUT2D eigenvalue weighted by atomic mass is 16.5. The molecule has 0 saturated heterocycles. The average Bonchev–Trinajstić information content (AvgIpc) is 2.38. The summed E-state index contributed by atoms with van der Waals surface area (Å²) in [5.74, 6) is -2.78. The lowest BCUT2D eigenvalue weighted by molar-refractivity contribution is -0.873. The van der Waals surface area contributed by atoms with Gasteiger partial charge in [-0.25, -0.2) is 9.59 Å². The molecule has 0 rings (SSSR count). The number of unbranched alkanes of at least 4 members (excludes halogenated alkanes) is 3. The maximum atomic E-state index is 11.7. The molecule has 0 bridgehead atoms. The van der Waals surface area contributed by atoms with E-state index in [-0.39, 0.29) is 6.42 Å². The van der Waals surface area contributed by atoms with Gasteiger partial charge in [0.2, 0.25) is 0 Å². The zero-order chi connectivity index (χ0) is 18.6. The molecule has 0 amide bonds. The molecule has 1 atom stereocenters. The third-order valence-corrected chi connectivity index (χ3v) is 2.93. The minimum atomic E-state index is -1.25. The quantitative estimate of drug-likeness (QED) is 0.240. The van der Waals surface area contributed by atoms with E-state index in [1.807, 2.05) is 21.1 Å². The van der Waals surface area contributed by atoms with Gasteiger partial charge >= 0.3 is 11.9 Å². The Morgan fingerprint density at radius 1 is 1.08 bits per heavy atom. The lowest BCUT2D eigenvalue weighted by Gasteiger charge is -2.29. The molecular weight excluding hydrogens is 314 g/mol. The average molecular weight is 341 g/mol. The van der Waals surface area contributed by atoms with Gasteiger partial charge in [-0.2, -0.15) is 0 Å². The Bertz CT molecular complexity index is 476. The van der Waals surface area contributed by atoms with Crippen LogP contribution in [-0.4, -0.2) is 61.3 Å². The summed E-state index contributed by atoms with van der Waals surface area (Å²) in [7, 11) is 5.64. The third-order valence-electron chi connectivity index (χ3n) is 2.93. The molecule has 0 aromatic rings. The van der Waals surface area contributed by atoms with E-state index in [0.29, 0.717) is 23.9 Å². The molecule has 0 spiro atoms. The van der Waals surface area contributed by atoms with Crippen LogP contribution in [0, 0.1) is 0 Å². The number of hydrogen-bond donors (Lipinski definition) is 1. The second-order valence-electron chi connectivity index (χ2n) is 6.54. The Morgan fingerprint density at radius 3 is 2.08 bits per heavy atom. The van der Waals surface area contributed by atoms with Gasteiger partial charge in [-0.3, -0.25) is 0 Å². The van der Waals surface area contributed by atoms with Crippen molar-refractivity contribution in [3.8, 4) is 0 Å². The highest BCUT2D eigenvalue weighted by Crippen LogP contribution is 2.06. The van der Waals surface area contributed by atoms with Crippen LogP contribution in [0.15, 0.2) is 24.3 Å². The Kier molecular flexibility index (Phi) is 10.4. The molecule has 1 N–H and O–H groups in total. The van der Waals surface area contributed by atoms with E-state index in [4.69, 9.17) is 9.84 Å². The maximum Gasteiger partial charge on any atom is 0.330 e. The molecular formula is C17H27NO6. The van der Waals surface area contributed by atoms with E-state index < -0.39 is 24.0 Å². The zero-order valence-corrected chi connectivity index (χ0v) is 14.6. The van der Waals surface area contributed by atoms with Gasteiger partial charge in [0.25, 0.3) is 0 Å². The van der Waals surface area contributed by atoms with Crippen molar-refractivity contribution >= 4 is 17.9 Å². The molecule has 0 saturated carbocycles. The normalized spacial score (nSPS) is 13.3. The zero-order valence-electron chi connectivity index (χ0n) is 14.6. The number of allylic oxidation sites excluding steroid dienone is 2. The number of hydrogen-bond acceptors (Lipinski definition) is 5. The molecule has 24 heavy (non-hydrogen) atoms. The van der Waals surface area contributed by atoms with Gasteiger partial charge in [0.15, 0.2) is 6.10 Å². The first kappa shape index (κ1) is 21.9. The summed E-state index contributed by atoms with van der Waals surface area (Å²) < 4.78 is 5.64. The smallest absolute Gasteiger partial charge is 0.330 e. The first-order chi connectivity index (χ1) is 11.1. The van der Waals surface area contributed by atoms with Crippen LogP contribution in [0.1, 0.15) is 32.1 Å². The van der Waals surface area contributed by atoms with E-state index in [1.165, 1.54) is 6.08 Å². The summed E-state index contributed by atoms with van der Waals surface area (Å²) in [5, 5.41) is 19.2. The van der Waals surface area contributed by atoms with E-state index >= 15 is 0 Å². The van der Waals surface area contributed by atoms with Crippen molar-refractivity contribution in [3.05, 3.63) is 24.3 Å². The number of rotatable bonds is 12. The van der Waals surface area contributed by atoms with Gasteiger partial charge < -0.3 is 24.2 Å². The topological polar surface area (TPSA) is 104 Å². The standard InChI is InChI=1S/C17H27NO6/c1-18(2,3)13-14(12-16(21)22)24-17(23)11-9-7-5-4-6-8-10-15(19)20/h8-11,14H,4-7,12-13H2,1-3H3,(H-,19,20,21,22)/b10-8+,11-9+. The lowest BCUT2D eigenvalue weighted by atomic mass is 10.2. The molecule has 0 aliphatic carbocycles. The number of nitrogens with zero attached hydrogens (tertiary/aromatic N) is 1. The number of carboxylic acid groups (broad SMARTS) is 2. The van der Waals surface area contributed by atoms with Crippen LogP contribution in [0.4, 0.5) is 0 Å². The Balaban J connectivity index is 4.14. The van der Waals surface area contributed by atoms with Crippen molar-refractivity contribution in [1.29, 1.82) is 0 Å². The van der Waals surface area contributed by atoms with Gasteiger partial charge in [0.1, 0.15) is 6.54 Å². The van der Waals surface area contributed by atoms with E-state index in [1.54, 1.807) is 12.2 Å². The van der Waals surface area contributed by atoms with E-state index in [0.717, 1.165) is 18.9 Å². The first-order valence-electron chi connectivity index (χ1n) is 7.87. The fourth-order valence-corrected chi connectivity index (χ4v) is 2.03. The van der Waals surface area contributed by atoms with Crippen LogP contribution < -0.4 is 5.11 Å². The summed E-state index contributed by atoms with van der Waals surface area (Å²) in [6.45, 7) is 0.378. The molecule has 0 fully saturated rings. The van der Waals surface area contributed by atoms with Gasteiger partial charge in [-0.05, 0) is 25.7 Å². The lowest BCUT2D eigenvalue weighted by Crippen LogP contribution is -2.45. The predicted molar refractivity (Wildman–Crippen MR) is 86.8 cm³/mol. The summed E-state index contributed by atoms with van der Waals surface area (Å²) in [6, 6.07) is 0. The monoisotopic (exact) mass is 341 g/mol.